The summed E-state index contributed by atoms with van der Waals surface area (Å²) in [4.78, 5) is 4.56. The SMILES string of the molecule is N#Cc1c(NCCc2ccccc2)nc2c(Cl)cnn2c1NCCc1ccccc1. The minimum absolute atomic E-state index is 0.420. The number of hydrogen-bond acceptors (Lipinski definition) is 5. The summed E-state index contributed by atoms with van der Waals surface area (Å²) in [5, 5.41) is 21.3. The van der Waals surface area contributed by atoms with Crippen molar-refractivity contribution in [3.63, 3.8) is 0 Å². The number of fused-ring (bicyclic) bond motifs is 1. The van der Waals surface area contributed by atoms with Crippen LogP contribution in [0.1, 0.15) is 16.7 Å². The highest BCUT2D eigenvalue weighted by molar-refractivity contribution is 6.33. The molecular formula is C23H21ClN6. The molecule has 2 aromatic carbocycles. The minimum atomic E-state index is 0.420. The number of rotatable bonds is 8. The topological polar surface area (TPSA) is 78.0 Å². The number of nitrogens with zero attached hydrogens (tertiary/aromatic N) is 4. The van der Waals surface area contributed by atoms with E-state index in [1.165, 1.54) is 11.1 Å². The predicted molar refractivity (Wildman–Crippen MR) is 120 cm³/mol. The second-order valence-corrected chi connectivity index (χ2v) is 7.26. The van der Waals surface area contributed by atoms with Crippen molar-refractivity contribution >= 4 is 28.9 Å². The monoisotopic (exact) mass is 416 g/mol. The fourth-order valence-corrected chi connectivity index (χ4v) is 3.47. The van der Waals surface area contributed by atoms with Gasteiger partial charge < -0.3 is 10.6 Å². The van der Waals surface area contributed by atoms with Gasteiger partial charge in [0.25, 0.3) is 0 Å². The number of halogens is 1. The summed E-state index contributed by atoms with van der Waals surface area (Å²) in [7, 11) is 0. The van der Waals surface area contributed by atoms with E-state index in [1.807, 2.05) is 36.4 Å². The summed E-state index contributed by atoms with van der Waals surface area (Å²) < 4.78 is 1.59. The van der Waals surface area contributed by atoms with Gasteiger partial charge in [0.05, 0.1) is 6.20 Å². The molecule has 0 aliphatic rings. The average molecular weight is 417 g/mol. The Bertz CT molecular complexity index is 1170. The molecular weight excluding hydrogens is 396 g/mol. The molecule has 6 nitrogen and oxygen atoms in total. The first kappa shape index (κ1) is 19.7. The molecule has 2 heterocycles. The van der Waals surface area contributed by atoms with Gasteiger partial charge in [-0.3, -0.25) is 0 Å². The van der Waals surface area contributed by atoms with Gasteiger partial charge in [0.1, 0.15) is 22.5 Å². The number of anilines is 2. The lowest BCUT2D eigenvalue weighted by Crippen LogP contribution is -2.15. The zero-order chi connectivity index (χ0) is 20.8. The molecule has 150 valence electrons. The maximum Gasteiger partial charge on any atom is 0.178 e. The zero-order valence-electron chi connectivity index (χ0n) is 16.3. The van der Waals surface area contributed by atoms with Crippen molar-refractivity contribution < 1.29 is 0 Å². The van der Waals surface area contributed by atoms with Crippen LogP contribution in [-0.2, 0) is 12.8 Å². The lowest BCUT2D eigenvalue weighted by atomic mass is 10.1. The largest absolute Gasteiger partial charge is 0.368 e. The van der Waals surface area contributed by atoms with Crippen LogP contribution in [0.2, 0.25) is 5.02 Å². The van der Waals surface area contributed by atoms with Crippen molar-refractivity contribution in [2.45, 2.75) is 12.8 Å². The Kier molecular flexibility index (Phi) is 6.11. The van der Waals surface area contributed by atoms with Crippen LogP contribution in [0.25, 0.3) is 5.65 Å². The molecule has 30 heavy (non-hydrogen) atoms. The Morgan fingerprint density at radius 1 is 0.900 bits per heavy atom. The fourth-order valence-electron chi connectivity index (χ4n) is 3.30. The quantitative estimate of drug-likeness (QED) is 0.440. The predicted octanol–water partition coefficient (Wildman–Crippen LogP) is 4.56. The van der Waals surface area contributed by atoms with E-state index in [1.54, 1.807) is 10.7 Å². The van der Waals surface area contributed by atoms with Gasteiger partial charge >= 0.3 is 0 Å². The molecule has 4 rings (SSSR count). The maximum absolute atomic E-state index is 9.85. The molecule has 2 N–H and O–H groups in total. The summed E-state index contributed by atoms with van der Waals surface area (Å²) in [5.41, 5.74) is 3.37. The van der Waals surface area contributed by atoms with Crippen LogP contribution in [0.5, 0.6) is 0 Å². The molecule has 0 atom stereocenters. The average Bonchev–Trinajstić information content (AvgIpc) is 3.15. The van der Waals surface area contributed by atoms with Crippen molar-refractivity contribution in [3.05, 3.63) is 88.6 Å². The van der Waals surface area contributed by atoms with Crippen LogP contribution >= 0.6 is 11.6 Å². The van der Waals surface area contributed by atoms with Crippen molar-refractivity contribution in [1.29, 1.82) is 5.26 Å². The Labute approximate surface area is 180 Å². The van der Waals surface area contributed by atoms with E-state index >= 15 is 0 Å². The van der Waals surface area contributed by atoms with Gasteiger partial charge in [-0.15, -0.1) is 0 Å². The van der Waals surface area contributed by atoms with Crippen molar-refractivity contribution in [2.75, 3.05) is 23.7 Å². The Hall–Kier alpha value is -3.56. The molecule has 4 aromatic rings. The lowest BCUT2D eigenvalue weighted by molar-refractivity contribution is 0.905. The number of aromatic nitrogens is 3. The molecule has 2 aromatic heterocycles. The van der Waals surface area contributed by atoms with Gasteiger partial charge in [-0.05, 0) is 24.0 Å². The zero-order valence-corrected chi connectivity index (χ0v) is 17.1. The van der Waals surface area contributed by atoms with E-state index < -0.39 is 0 Å². The van der Waals surface area contributed by atoms with Crippen molar-refractivity contribution in [1.82, 2.24) is 14.6 Å². The first-order valence-electron chi connectivity index (χ1n) is 9.79. The molecule has 0 saturated carbocycles. The van der Waals surface area contributed by atoms with Gasteiger partial charge in [-0.2, -0.15) is 14.9 Å². The van der Waals surface area contributed by atoms with Gasteiger partial charge in [0, 0.05) is 13.1 Å². The van der Waals surface area contributed by atoms with Crippen molar-refractivity contribution in [2.24, 2.45) is 0 Å². The molecule has 0 aliphatic carbocycles. The Morgan fingerprint density at radius 2 is 1.50 bits per heavy atom. The molecule has 0 amide bonds. The van der Waals surface area contributed by atoms with E-state index in [9.17, 15) is 5.26 Å². The summed E-state index contributed by atoms with van der Waals surface area (Å²) in [5.74, 6) is 1.10. The van der Waals surface area contributed by atoms with Crippen LogP contribution < -0.4 is 10.6 Å². The van der Waals surface area contributed by atoms with Crippen LogP contribution in [0, 0.1) is 11.3 Å². The molecule has 0 aliphatic heterocycles. The Morgan fingerprint density at radius 3 is 2.10 bits per heavy atom. The highest BCUT2D eigenvalue weighted by Crippen LogP contribution is 2.27. The first-order chi connectivity index (χ1) is 14.8. The third-order valence-electron chi connectivity index (χ3n) is 4.81. The first-order valence-corrected chi connectivity index (χ1v) is 10.2. The fraction of sp³-hybridized carbons (Fsp3) is 0.174. The van der Waals surface area contributed by atoms with Crippen LogP contribution in [0.3, 0.4) is 0 Å². The highest BCUT2D eigenvalue weighted by Gasteiger charge is 2.18. The molecule has 0 fully saturated rings. The summed E-state index contributed by atoms with van der Waals surface area (Å²) >= 11 is 6.29. The number of hydrogen-bond donors (Lipinski definition) is 2. The second-order valence-electron chi connectivity index (χ2n) is 6.85. The van der Waals surface area contributed by atoms with E-state index in [0.29, 0.717) is 41.0 Å². The van der Waals surface area contributed by atoms with E-state index in [-0.39, 0.29) is 0 Å². The highest BCUT2D eigenvalue weighted by atomic mass is 35.5. The van der Waals surface area contributed by atoms with Gasteiger partial charge in [0.2, 0.25) is 0 Å². The third-order valence-corrected chi connectivity index (χ3v) is 5.08. The van der Waals surface area contributed by atoms with Crippen LogP contribution in [0.4, 0.5) is 11.6 Å². The minimum Gasteiger partial charge on any atom is -0.368 e. The normalized spacial score (nSPS) is 10.7. The molecule has 0 unspecified atom stereocenters. The van der Waals surface area contributed by atoms with Gasteiger partial charge in [-0.25, -0.2) is 4.98 Å². The Balaban J connectivity index is 1.57. The van der Waals surface area contributed by atoms with Crippen LogP contribution in [0.15, 0.2) is 66.9 Å². The van der Waals surface area contributed by atoms with E-state index in [4.69, 9.17) is 11.6 Å². The second kappa shape index (κ2) is 9.29. The number of nitrogens with one attached hydrogen (secondary N) is 2. The molecule has 7 heteroatoms. The maximum atomic E-state index is 9.85. The summed E-state index contributed by atoms with van der Waals surface area (Å²) in [6, 6.07) is 22.6. The standard InChI is InChI=1S/C23H21ClN6/c24-20-16-28-30-22(27-14-12-18-9-5-2-6-10-18)19(15-25)21(29-23(20)30)26-13-11-17-7-3-1-4-8-17/h1-10,16,27H,11-14H2,(H,26,29). The van der Waals surface area contributed by atoms with Gasteiger partial charge in [-0.1, -0.05) is 72.3 Å². The third kappa shape index (κ3) is 4.37. The number of nitriles is 1. The molecule has 0 saturated heterocycles. The summed E-state index contributed by atoms with van der Waals surface area (Å²) in [6.45, 7) is 1.30. The summed E-state index contributed by atoms with van der Waals surface area (Å²) in [6.07, 6.45) is 3.19. The van der Waals surface area contributed by atoms with E-state index in [2.05, 4.69) is 51.1 Å². The number of benzene rings is 2. The van der Waals surface area contributed by atoms with E-state index in [0.717, 1.165) is 12.8 Å². The molecule has 0 radical (unpaired) electrons. The molecule has 0 spiro atoms. The molecule has 0 bridgehead atoms. The van der Waals surface area contributed by atoms with Gasteiger partial charge in [0.15, 0.2) is 11.5 Å². The van der Waals surface area contributed by atoms with Crippen molar-refractivity contribution in [3.8, 4) is 6.07 Å². The lowest BCUT2D eigenvalue weighted by Gasteiger charge is -2.14. The van der Waals surface area contributed by atoms with Crippen LogP contribution in [-0.4, -0.2) is 27.7 Å². The smallest absolute Gasteiger partial charge is 0.178 e.